The Hall–Kier alpha value is -2.16. The summed E-state index contributed by atoms with van der Waals surface area (Å²) in [6, 6.07) is 10.6. The zero-order valence-corrected chi connectivity index (χ0v) is 22.7. The lowest BCUT2D eigenvalue weighted by Crippen LogP contribution is -1.99. The summed E-state index contributed by atoms with van der Waals surface area (Å²) in [4.78, 5) is 3.52. The molecule has 0 aliphatic heterocycles. The molecule has 0 radical (unpaired) electrons. The molecule has 0 fully saturated rings. The van der Waals surface area contributed by atoms with E-state index in [4.69, 9.17) is 9.47 Å². The molecule has 0 spiro atoms. The van der Waals surface area contributed by atoms with Crippen molar-refractivity contribution < 1.29 is 9.47 Å². The van der Waals surface area contributed by atoms with Crippen LogP contribution in [0.2, 0.25) is 0 Å². The van der Waals surface area contributed by atoms with Crippen molar-refractivity contribution >= 4 is 21.8 Å². The number of nitrogens with one attached hydrogen (secondary N) is 1. The van der Waals surface area contributed by atoms with Crippen LogP contribution < -0.4 is 9.47 Å². The number of unbranched alkanes of at least 4 members (excludes halogenated alkanes) is 15. The van der Waals surface area contributed by atoms with Gasteiger partial charge in [0.1, 0.15) is 11.5 Å². The minimum atomic E-state index is 0.804. The summed E-state index contributed by atoms with van der Waals surface area (Å²) in [5.74, 6) is 1.87. The first-order valence-electron chi connectivity index (χ1n) is 14.5. The van der Waals surface area contributed by atoms with Crippen LogP contribution in [-0.2, 0) is 0 Å². The molecule has 0 saturated heterocycles. The molecule has 3 rings (SSSR count). The number of ether oxygens (including phenoxy) is 2. The van der Waals surface area contributed by atoms with E-state index in [1.165, 1.54) is 113 Å². The van der Waals surface area contributed by atoms with E-state index in [9.17, 15) is 0 Å². The van der Waals surface area contributed by atoms with Crippen LogP contribution in [0.3, 0.4) is 0 Å². The van der Waals surface area contributed by atoms with Crippen molar-refractivity contribution in [3.8, 4) is 11.5 Å². The van der Waals surface area contributed by atoms with Crippen LogP contribution >= 0.6 is 0 Å². The summed E-state index contributed by atoms with van der Waals surface area (Å²) < 4.78 is 11.5. The van der Waals surface area contributed by atoms with Gasteiger partial charge in [0, 0.05) is 22.9 Å². The second kappa shape index (κ2) is 15.8. The minimum Gasteiger partial charge on any atom is -0.497 e. The molecule has 0 aliphatic carbocycles. The minimum absolute atomic E-state index is 0.804. The number of H-pyrrole nitrogens is 1. The summed E-state index contributed by atoms with van der Waals surface area (Å²) in [6.45, 7) is 5.24. The third-order valence-corrected chi connectivity index (χ3v) is 7.36. The highest BCUT2D eigenvalue weighted by Crippen LogP contribution is 2.32. The number of rotatable bonds is 19. The predicted molar refractivity (Wildman–Crippen MR) is 152 cm³/mol. The van der Waals surface area contributed by atoms with Gasteiger partial charge in [-0.1, -0.05) is 103 Å². The Kier molecular flexibility index (Phi) is 12.3. The highest BCUT2D eigenvalue weighted by atomic mass is 16.5. The number of aromatic nitrogens is 1. The van der Waals surface area contributed by atoms with Crippen molar-refractivity contribution in [2.75, 3.05) is 13.7 Å². The quantitative estimate of drug-likeness (QED) is 0.173. The summed E-state index contributed by atoms with van der Waals surface area (Å²) in [5.41, 5.74) is 3.43. The Bertz CT molecular complexity index is 990. The number of hydrogen-bond donors (Lipinski definition) is 1. The van der Waals surface area contributed by atoms with E-state index in [0.717, 1.165) is 35.6 Å². The Morgan fingerprint density at radius 1 is 0.629 bits per heavy atom. The highest BCUT2D eigenvalue weighted by molar-refractivity contribution is 6.08. The fraction of sp³-hybridized carbons (Fsp3) is 0.625. The van der Waals surface area contributed by atoms with E-state index in [1.54, 1.807) is 7.11 Å². The van der Waals surface area contributed by atoms with E-state index >= 15 is 0 Å². The highest BCUT2D eigenvalue weighted by Gasteiger charge is 2.09. The standard InChI is InChI=1S/C32H49NO2/c1-4-5-6-7-8-9-10-11-12-13-14-15-16-17-18-19-22-35-32-25-31-29(23-26(32)2)28-21-20-27(34-3)24-30(28)33-31/h20-21,23-25,33H,4-19,22H2,1-3H3. The predicted octanol–water partition coefficient (Wildman–Crippen LogP) is 10.3. The molecular weight excluding hydrogens is 430 g/mol. The van der Waals surface area contributed by atoms with Crippen molar-refractivity contribution in [3.63, 3.8) is 0 Å². The molecule has 0 atom stereocenters. The van der Waals surface area contributed by atoms with Gasteiger partial charge in [0.2, 0.25) is 0 Å². The molecule has 0 saturated carbocycles. The molecule has 194 valence electrons. The number of aryl methyl sites for hydroxylation is 1. The van der Waals surface area contributed by atoms with E-state index in [-0.39, 0.29) is 0 Å². The Morgan fingerprint density at radius 3 is 1.74 bits per heavy atom. The fourth-order valence-electron chi connectivity index (χ4n) is 5.14. The zero-order chi connectivity index (χ0) is 24.7. The topological polar surface area (TPSA) is 34.2 Å². The van der Waals surface area contributed by atoms with Gasteiger partial charge in [-0.3, -0.25) is 0 Å². The first kappa shape index (κ1) is 27.4. The Morgan fingerprint density at radius 2 is 1.17 bits per heavy atom. The number of fused-ring (bicyclic) bond motifs is 3. The molecule has 0 unspecified atom stereocenters. The largest absolute Gasteiger partial charge is 0.497 e. The summed E-state index contributed by atoms with van der Waals surface area (Å²) in [7, 11) is 1.71. The first-order valence-corrected chi connectivity index (χ1v) is 14.5. The molecule has 0 bridgehead atoms. The fourth-order valence-corrected chi connectivity index (χ4v) is 5.14. The summed E-state index contributed by atoms with van der Waals surface area (Å²) >= 11 is 0. The second-order valence-electron chi connectivity index (χ2n) is 10.4. The van der Waals surface area contributed by atoms with Gasteiger partial charge in [-0.05, 0) is 37.1 Å². The SMILES string of the molecule is CCCCCCCCCCCCCCCCCCOc1cc2[nH]c3cc(OC)ccc3c2cc1C. The van der Waals surface area contributed by atoms with Gasteiger partial charge < -0.3 is 14.5 Å². The lowest BCUT2D eigenvalue weighted by Gasteiger charge is -2.09. The molecule has 3 aromatic rings. The van der Waals surface area contributed by atoms with E-state index in [0.29, 0.717) is 0 Å². The Balaban J connectivity index is 1.22. The maximum absolute atomic E-state index is 6.16. The van der Waals surface area contributed by atoms with Gasteiger partial charge >= 0.3 is 0 Å². The normalized spacial score (nSPS) is 11.5. The van der Waals surface area contributed by atoms with Crippen molar-refractivity contribution in [2.45, 2.75) is 117 Å². The van der Waals surface area contributed by atoms with Crippen LogP contribution in [0, 0.1) is 6.92 Å². The van der Waals surface area contributed by atoms with Crippen LogP contribution in [0.4, 0.5) is 0 Å². The van der Waals surface area contributed by atoms with Gasteiger partial charge in [0.25, 0.3) is 0 Å². The van der Waals surface area contributed by atoms with Gasteiger partial charge in [0.05, 0.1) is 24.8 Å². The molecular formula is C32H49NO2. The lowest BCUT2D eigenvalue weighted by atomic mass is 10.0. The summed E-state index contributed by atoms with van der Waals surface area (Å²) in [6.07, 6.45) is 22.3. The van der Waals surface area contributed by atoms with Gasteiger partial charge in [-0.15, -0.1) is 0 Å². The molecule has 0 aliphatic rings. The van der Waals surface area contributed by atoms with Gasteiger partial charge in [0.15, 0.2) is 0 Å². The van der Waals surface area contributed by atoms with Crippen molar-refractivity contribution in [1.82, 2.24) is 4.98 Å². The summed E-state index contributed by atoms with van der Waals surface area (Å²) in [5, 5.41) is 2.48. The average Bonchev–Trinajstić information content (AvgIpc) is 3.22. The first-order chi connectivity index (χ1) is 17.2. The monoisotopic (exact) mass is 479 g/mol. The number of hydrogen-bond acceptors (Lipinski definition) is 2. The molecule has 1 N–H and O–H groups in total. The van der Waals surface area contributed by atoms with Crippen molar-refractivity contribution in [1.29, 1.82) is 0 Å². The van der Waals surface area contributed by atoms with E-state index < -0.39 is 0 Å². The molecule has 1 heterocycles. The van der Waals surface area contributed by atoms with Crippen molar-refractivity contribution in [3.05, 3.63) is 35.9 Å². The molecule has 2 aromatic carbocycles. The third-order valence-electron chi connectivity index (χ3n) is 7.36. The van der Waals surface area contributed by atoms with Gasteiger partial charge in [-0.2, -0.15) is 0 Å². The molecule has 0 amide bonds. The molecule has 35 heavy (non-hydrogen) atoms. The van der Waals surface area contributed by atoms with Crippen LogP contribution in [0.15, 0.2) is 30.3 Å². The Labute approximate surface area is 214 Å². The second-order valence-corrected chi connectivity index (χ2v) is 10.4. The maximum atomic E-state index is 6.16. The van der Waals surface area contributed by atoms with Crippen molar-refractivity contribution in [2.24, 2.45) is 0 Å². The molecule has 3 heteroatoms. The smallest absolute Gasteiger partial charge is 0.124 e. The third kappa shape index (κ3) is 9.09. The van der Waals surface area contributed by atoms with Crippen LogP contribution in [0.25, 0.3) is 21.8 Å². The van der Waals surface area contributed by atoms with Crippen LogP contribution in [0.5, 0.6) is 11.5 Å². The van der Waals surface area contributed by atoms with E-state index in [1.807, 2.05) is 6.07 Å². The zero-order valence-electron chi connectivity index (χ0n) is 22.7. The molecule has 3 nitrogen and oxygen atoms in total. The number of aromatic amines is 1. The lowest BCUT2D eigenvalue weighted by molar-refractivity contribution is 0.302. The number of benzene rings is 2. The van der Waals surface area contributed by atoms with E-state index in [2.05, 4.69) is 43.1 Å². The van der Waals surface area contributed by atoms with Crippen LogP contribution in [-0.4, -0.2) is 18.7 Å². The average molecular weight is 480 g/mol. The molecule has 1 aromatic heterocycles. The maximum Gasteiger partial charge on any atom is 0.124 e. The number of methoxy groups -OCH3 is 1. The van der Waals surface area contributed by atoms with Gasteiger partial charge in [-0.25, -0.2) is 0 Å². The van der Waals surface area contributed by atoms with Crippen LogP contribution in [0.1, 0.15) is 115 Å².